The molecule has 1 saturated heterocycles. The lowest BCUT2D eigenvalue weighted by Gasteiger charge is -2.49. The molecule has 2 aromatic rings. The van der Waals surface area contributed by atoms with Gasteiger partial charge < -0.3 is 26.7 Å². The number of carboxylic acids is 1. The third kappa shape index (κ3) is 6.48. The van der Waals surface area contributed by atoms with Gasteiger partial charge in [-0.25, -0.2) is 9.78 Å². The SMILES string of the molecule is CO/N=C(\C(=O)N[C@@H]1C(=O)N2C(C(=O)O)=C(CSc3nnc(SCC(C)C(=N)N)s3)CS[C@@H]12)c1csc(N)n1. The molecule has 1 fully saturated rings. The van der Waals surface area contributed by atoms with Gasteiger partial charge in [-0.05, 0) is 5.57 Å². The second kappa shape index (κ2) is 12.5. The van der Waals surface area contributed by atoms with Gasteiger partial charge in [0.2, 0.25) is 0 Å². The van der Waals surface area contributed by atoms with Gasteiger partial charge in [-0.15, -0.1) is 33.3 Å². The van der Waals surface area contributed by atoms with Crippen molar-refractivity contribution in [2.75, 3.05) is 30.1 Å². The average Bonchev–Trinajstić information content (AvgIpc) is 3.55. The summed E-state index contributed by atoms with van der Waals surface area (Å²) < 4.78 is 1.38. The number of hydrogen-bond donors (Lipinski definition) is 5. The van der Waals surface area contributed by atoms with Crippen LogP contribution in [0.2, 0.25) is 0 Å². The molecule has 3 atom stereocenters. The van der Waals surface area contributed by atoms with Crippen LogP contribution >= 0.6 is 58.0 Å². The maximum atomic E-state index is 13.0. The van der Waals surface area contributed by atoms with Gasteiger partial charge in [0.15, 0.2) is 19.5 Å². The summed E-state index contributed by atoms with van der Waals surface area (Å²) in [5.74, 6) is -1.16. The molecule has 208 valence electrons. The van der Waals surface area contributed by atoms with Crippen molar-refractivity contribution in [3.63, 3.8) is 0 Å². The number of carboxylic acid groups (broad SMARTS) is 1. The summed E-state index contributed by atoms with van der Waals surface area (Å²) >= 11 is 6.63. The monoisotopic (exact) mass is 629 g/mol. The van der Waals surface area contributed by atoms with Crippen LogP contribution < -0.4 is 16.8 Å². The topological polar surface area (TPSA) is 223 Å². The number of aliphatic carboxylic acids is 1. The number of nitrogens with one attached hydrogen (secondary N) is 2. The molecule has 0 bridgehead atoms. The van der Waals surface area contributed by atoms with Gasteiger partial charge in [0.25, 0.3) is 11.8 Å². The standard InChI is InChI=1S/C20H23N9O5S5/c1-7(13(21)22)3-37-19-26-27-20(39-19)38-5-8-4-35-16-11(15(31)29(16)12(8)17(32)33)25-14(30)10(28-34-2)9-6-36-18(23)24-9/h6-7,11,16H,3-5H2,1-2H3,(H3,21,22)(H2,23,24)(H,25,30)(H,32,33)/b28-10-/t7?,11-,16+/m1/s1. The molecule has 4 rings (SSSR count). The molecule has 7 N–H and O–H groups in total. The number of fused-ring (bicyclic) bond motifs is 1. The predicted molar refractivity (Wildman–Crippen MR) is 152 cm³/mol. The van der Waals surface area contributed by atoms with Gasteiger partial charge in [-0.3, -0.25) is 19.9 Å². The molecule has 2 aliphatic heterocycles. The Morgan fingerprint density at radius 3 is 2.72 bits per heavy atom. The molecule has 2 aromatic heterocycles. The van der Waals surface area contributed by atoms with Crippen molar-refractivity contribution in [2.24, 2.45) is 16.8 Å². The molecule has 4 heterocycles. The van der Waals surface area contributed by atoms with E-state index in [4.69, 9.17) is 21.7 Å². The van der Waals surface area contributed by atoms with Crippen LogP contribution in [0.25, 0.3) is 0 Å². The minimum atomic E-state index is -1.22. The Balaban J connectivity index is 1.41. The Morgan fingerprint density at radius 2 is 2.10 bits per heavy atom. The first-order chi connectivity index (χ1) is 18.6. The number of β-lactam (4-membered cyclic amide) rings is 1. The molecule has 2 amide bonds. The zero-order valence-corrected chi connectivity index (χ0v) is 24.5. The van der Waals surface area contributed by atoms with Crippen LogP contribution in [0.4, 0.5) is 5.13 Å². The lowest BCUT2D eigenvalue weighted by atomic mass is 10.0. The number of thioether (sulfide) groups is 3. The normalized spacial score (nSPS) is 19.8. The van der Waals surface area contributed by atoms with Crippen molar-refractivity contribution in [3.05, 3.63) is 22.3 Å². The van der Waals surface area contributed by atoms with Crippen LogP contribution in [0.15, 0.2) is 30.5 Å². The van der Waals surface area contributed by atoms with Crippen molar-refractivity contribution in [2.45, 2.75) is 27.0 Å². The average molecular weight is 630 g/mol. The summed E-state index contributed by atoms with van der Waals surface area (Å²) in [4.78, 5) is 48.0. The first kappa shape index (κ1) is 29.1. The van der Waals surface area contributed by atoms with Gasteiger partial charge in [0, 0.05) is 28.6 Å². The van der Waals surface area contributed by atoms with E-state index in [2.05, 4.69) is 25.7 Å². The van der Waals surface area contributed by atoms with Gasteiger partial charge in [0.1, 0.15) is 29.9 Å². The van der Waals surface area contributed by atoms with Crippen molar-refractivity contribution in [1.82, 2.24) is 25.4 Å². The first-order valence-corrected chi connectivity index (χ1v) is 15.8. The maximum absolute atomic E-state index is 13.0. The molecule has 2 aliphatic rings. The zero-order valence-electron chi connectivity index (χ0n) is 20.4. The van der Waals surface area contributed by atoms with E-state index in [9.17, 15) is 19.5 Å². The van der Waals surface area contributed by atoms with Crippen molar-refractivity contribution < 1.29 is 24.3 Å². The van der Waals surface area contributed by atoms with E-state index >= 15 is 0 Å². The minimum absolute atomic E-state index is 0.0851. The third-order valence-electron chi connectivity index (χ3n) is 5.44. The fourth-order valence-electron chi connectivity index (χ4n) is 3.44. The number of nitrogen functional groups attached to an aromatic ring is 1. The highest BCUT2D eigenvalue weighted by atomic mass is 32.2. The third-order valence-corrected chi connectivity index (χ3v) is 11.0. The number of carbonyl (C=O) groups excluding carboxylic acids is 2. The lowest BCUT2D eigenvalue weighted by molar-refractivity contribution is -0.150. The number of aromatic nitrogens is 3. The second-order valence-corrected chi connectivity index (χ2v) is 13.6. The number of nitrogens with two attached hydrogens (primary N) is 2. The van der Waals surface area contributed by atoms with E-state index in [1.54, 1.807) is 5.38 Å². The Bertz CT molecular complexity index is 1360. The largest absolute Gasteiger partial charge is 0.477 e. The molecule has 0 saturated carbocycles. The molecule has 0 aromatic carbocycles. The summed E-state index contributed by atoms with van der Waals surface area (Å²) in [6, 6.07) is -0.941. The van der Waals surface area contributed by atoms with Crippen molar-refractivity contribution >= 4 is 92.4 Å². The van der Waals surface area contributed by atoms with Gasteiger partial charge in [-0.1, -0.05) is 46.9 Å². The van der Waals surface area contributed by atoms with Crippen molar-refractivity contribution in [3.8, 4) is 0 Å². The molecule has 0 radical (unpaired) electrons. The summed E-state index contributed by atoms with van der Waals surface area (Å²) in [5, 5.41) is 33.2. The van der Waals surface area contributed by atoms with Crippen LogP contribution in [0.5, 0.6) is 0 Å². The molecule has 39 heavy (non-hydrogen) atoms. The van der Waals surface area contributed by atoms with Crippen LogP contribution in [0.3, 0.4) is 0 Å². The number of anilines is 1. The number of amides is 2. The molecule has 14 nitrogen and oxygen atoms in total. The highest BCUT2D eigenvalue weighted by molar-refractivity contribution is 8.03. The number of oxime groups is 1. The number of amidine groups is 1. The summed E-state index contributed by atoms with van der Waals surface area (Å²) in [7, 11) is 1.27. The number of thiazole rings is 1. The highest BCUT2D eigenvalue weighted by Gasteiger charge is 2.54. The van der Waals surface area contributed by atoms with Crippen LogP contribution in [0.1, 0.15) is 12.6 Å². The van der Waals surface area contributed by atoms with Gasteiger partial charge in [0.05, 0.1) is 5.84 Å². The lowest BCUT2D eigenvalue weighted by Crippen LogP contribution is -2.71. The summed E-state index contributed by atoms with van der Waals surface area (Å²) in [6.07, 6.45) is 0. The second-order valence-electron chi connectivity index (χ2n) is 8.10. The van der Waals surface area contributed by atoms with Crippen LogP contribution in [0, 0.1) is 11.3 Å². The summed E-state index contributed by atoms with van der Waals surface area (Å²) in [6.45, 7) is 1.86. The Hall–Kier alpha value is -2.87. The summed E-state index contributed by atoms with van der Waals surface area (Å²) in [5.41, 5.74) is 11.7. The minimum Gasteiger partial charge on any atom is -0.477 e. The number of carbonyl (C=O) groups is 3. The fraction of sp³-hybridized carbons (Fsp3) is 0.400. The van der Waals surface area contributed by atoms with Gasteiger partial charge >= 0.3 is 5.97 Å². The smallest absolute Gasteiger partial charge is 0.352 e. The Kier molecular flexibility index (Phi) is 9.36. The zero-order chi connectivity index (χ0) is 28.3. The van der Waals surface area contributed by atoms with Crippen LogP contribution in [-0.2, 0) is 19.2 Å². The van der Waals surface area contributed by atoms with Crippen LogP contribution in [-0.4, -0.2) is 90.3 Å². The first-order valence-electron chi connectivity index (χ1n) is 11.1. The Morgan fingerprint density at radius 1 is 1.38 bits per heavy atom. The highest BCUT2D eigenvalue weighted by Crippen LogP contribution is 2.42. The van der Waals surface area contributed by atoms with Gasteiger partial charge in [-0.2, -0.15) is 0 Å². The quantitative estimate of drug-likeness (QED) is 0.0731. The fourth-order valence-corrected chi connectivity index (χ4v) is 8.57. The molecular weight excluding hydrogens is 607 g/mol. The number of hydrogen-bond acceptors (Lipinski definition) is 15. The molecule has 1 unspecified atom stereocenters. The Labute approximate surface area is 242 Å². The van der Waals surface area contributed by atoms with E-state index in [1.165, 1.54) is 58.6 Å². The predicted octanol–water partition coefficient (Wildman–Crippen LogP) is 1.12. The molecule has 0 spiro atoms. The van der Waals surface area contributed by atoms with E-state index < -0.39 is 29.2 Å². The molecular formula is C20H23N9O5S5. The van der Waals surface area contributed by atoms with Crippen molar-refractivity contribution in [1.29, 1.82) is 5.41 Å². The number of rotatable bonds is 12. The molecule has 19 heteroatoms. The van der Waals surface area contributed by atoms with E-state index in [0.29, 0.717) is 27.2 Å². The van der Waals surface area contributed by atoms with E-state index in [-0.39, 0.29) is 34.0 Å². The van der Waals surface area contributed by atoms with E-state index in [1.807, 2.05) is 6.92 Å². The maximum Gasteiger partial charge on any atom is 0.352 e. The molecule has 0 aliphatic carbocycles. The number of nitrogens with zero attached hydrogens (tertiary/aromatic N) is 5. The van der Waals surface area contributed by atoms with E-state index in [0.717, 1.165) is 15.7 Å².